The van der Waals surface area contributed by atoms with Crippen molar-refractivity contribution in [2.45, 2.75) is 6.54 Å². The van der Waals surface area contributed by atoms with Gasteiger partial charge in [-0.1, -0.05) is 36.4 Å². The van der Waals surface area contributed by atoms with E-state index in [4.69, 9.17) is 5.73 Å². The Morgan fingerprint density at radius 1 is 1.08 bits per heavy atom. The molecule has 0 saturated carbocycles. The maximum atomic E-state index is 13.2. The predicted molar refractivity (Wildman–Crippen MR) is 89.4 cm³/mol. The number of carbonyl (C=O) groups is 1. The quantitative estimate of drug-likeness (QED) is 0.765. The molecule has 0 aliphatic heterocycles. The number of hydrogen-bond acceptors (Lipinski definition) is 4. The summed E-state index contributed by atoms with van der Waals surface area (Å²) < 4.78 is 26.1. The van der Waals surface area contributed by atoms with Crippen molar-refractivity contribution in [1.29, 1.82) is 0 Å². The van der Waals surface area contributed by atoms with E-state index in [-0.39, 0.29) is 18.1 Å². The van der Waals surface area contributed by atoms with Gasteiger partial charge in [-0.2, -0.15) is 0 Å². The molecule has 126 valence electrons. The van der Waals surface area contributed by atoms with Gasteiger partial charge in [-0.05, 0) is 17.7 Å². The van der Waals surface area contributed by atoms with Gasteiger partial charge in [0, 0.05) is 12.1 Å². The molecule has 0 radical (unpaired) electrons. The number of anilines is 1. The number of halogens is 2. The number of nitrogen functional groups attached to an aromatic ring is 1. The van der Waals surface area contributed by atoms with Crippen LogP contribution in [0.1, 0.15) is 16.1 Å². The van der Waals surface area contributed by atoms with E-state index in [2.05, 4.69) is 15.3 Å². The van der Waals surface area contributed by atoms with Crippen LogP contribution < -0.4 is 11.1 Å². The molecule has 0 bridgehead atoms. The van der Waals surface area contributed by atoms with Crippen LogP contribution in [-0.2, 0) is 6.54 Å². The minimum absolute atomic E-state index is 0.00666. The zero-order valence-corrected chi connectivity index (χ0v) is 13.0. The van der Waals surface area contributed by atoms with E-state index in [1.807, 2.05) is 30.3 Å². The number of amides is 1. The van der Waals surface area contributed by atoms with Gasteiger partial charge in [0.15, 0.2) is 23.1 Å². The van der Waals surface area contributed by atoms with Crippen LogP contribution in [-0.4, -0.2) is 15.9 Å². The minimum Gasteiger partial charge on any atom is -0.382 e. The highest BCUT2D eigenvalue weighted by Gasteiger charge is 2.15. The second-order valence-electron chi connectivity index (χ2n) is 5.29. The van der Waals surface area contributed by atoms with Crippen LogP contribution in [0.5, 0.6) is 0 Å². The topological polar surface area (TPSA) is 80.9 Å². The molecule has 0 atom stereocenters. The van der Waals surface area contributed by atoms with E-state index in [9.17, 15) is 13.6 Å². The Hall–Kier alpha value is -3.35. The molecule has 25 heavy (non-hydrogen) atoms. The third-order valence-corrected chi connectivity index (χ3v) is 3.52. The Labute approximate surface area is 142 Å². The molecule has 5 nitrogen and oxygen atoms in total. The van der Waals surface area contributed by atoms with Gasteiger partial charge in [-0.3, -0.25) is 4.79 Å². The summed E-state index contributed by atoms with van der Waals surface area (Å²) >= 11 is 0. The number of hydrogen-bond donors (Lipinski definition) is 2. The molecule has 0 spiro atoms. The van der Waals surface area contributed by atoms with E-state index in [0.717, 1.165) is 17.7 Å². The van der Waals surface area contributed by atoms with E-state index in [1.165, 1.54) is 12.3 Å². The summed E-state index contributed by atoms with van der Waals surface area (Å²) in [6.45, 7) is 0.00666. The second-order valence-corrected chi connectivity index (χ2v) is 5.29. The van der Waals surface area contributed by atoms with Crippen molar-refractivity contribution in [3.05, 3.63) is 77.6 Å². The molecular weight excluding hydrogens is 326 g/mol. The van der Waals surface area contributed by atoms with Crippen molar-refractivity contribution < 1.29 is 13.6 Å². The number of nitrogens with one attached hydrogen (secondary N) is 1. The number of rotatable bonds is 4. The molecule has 1 heterocycles. The van der Waals surface area contributed by atoms with Gasteiger partial charge in [0.25, 0.3) is 5.91 Å². The summed E-state index contributed by atoms with van der Waals surface area (Å²) in [4.78, 5) is 20.6. The van der Waals surface area contributed by atoms with Crippen molar-refractivity contribution >= 4 is 11.7 Å². The third kappa shape index (κ3) is 3.77. The summed E-state index contributed by atoms with van der Waals surface area (Å²) in [6.07, 6.45) is 1.48. The lowest BCUT2D eigenvalue weighted by atomic mass is 10.1. The van der Waals surface area contributed by atoms with Gasteiger partial charge in [0.05, 0.1) is 11.9 Å². The molecule has 3 N–H and O–H groups in total. The lowest BCUT2D eigenvalue weighted by molar-refractivity contribution is 0.0946. The summed E-state index contributed by atoms with van der Waals surface area (Å²) in [5.74, 6) is -2.48. The van der Waals surface area contributed by atoms with Gasteiger partial charge in [-0.15, -0.1) is 0 Å². The number of benzene rings is 2. The summed E-state index contributed by atoms with van der Waals surface area (Å²) in [7, 11) is 0. The molecule has 1 aromatic heterocycles. The molecule has 2 aromatic carbocycles. The van der Waals surface area contributed by atoms with Crippen LogP contribution in [0.25, 0.3) is 11.3 Å². The molecule has 0 fully saturated rings. The largest absolute Gasteiger partial charge is 0.382 e. The average molecular weight is 340 g/mol. The van der Waals surface area contributed by atoms with Gasteiger partial charge in [0.2, 0.25) is 0 Å². The third-order valence-electron chi connectivity index (χ3n) is 3.52. The molecule has 1 amide bonds. The summed E-state index contributed by atoms with van der Waals surface area (Å²) in [5, 5.41) is 2.57. The molecule has 3 aromatic rings. The summed E-state index contributed by atoms with van der Waals surface area (Å²) in [6, 6.07) is 12.6. The van der Waals surface area contributed by atoms with Crippen LogP contribution in [0, 0.1) is 11.6 Å². The van der Waals surface area contributed by atoms with Gasteiger partial charge < -0.3 is 11.1 Å². The maximum Gasteiger partial charge on any atom is 0.274 e. The van der Waals surface area contributed by atoms with Crippen molar-refractivity contribution in [3.63, 3.8) is 0 Å². The monoisotopic (exact) mass is 340 g/mol. The van der Waals surface area contributed by atoms with Crippen LogP contribution in [0.4, 0.5) is 14.6 Å². The van der Waals surface area contributed by atoms with Crippen molar-refractivity contribution in [2.24, 2.45) is 0 Å². The first kappa shape index (κ1) is 16.5. The van der Waals surface area contributed by atoms with Crippen LogP contribution in [0.2, 0.25) is 0 Å². The van der Waals surface area contributed by atoms with E-state index >= 15 is 0 Å². The molecule has 0 aliphatic rings. The second kappa shape index (κ2) is 7.04. The first-order chi connectivity index (χ1) is 12.0. The Bertz CT molecular complexity index is 916. The molecule has 0 saturated heterocycles. The standard InChI is InChI=1S/C18H14F2N4O/c19-13-7-6-11(8-14(13)20)9-23-18(25)16-17(21)22-10-15(24-16)12-4-2-1-3-5-12/h1-8,10H,9H2,(H2,21,22)(H,23,25). The van der Waals surface area contributed by atoms with Crippen molar-refractivity contribution in [1.82, 2.24) is 15.3 Å². The lowest BCUT2D eigenvalue weighted by Crippen LogP contribution is -2.25. The summed E-state index contributed by atoms with van der Waals surface area (Å²) in [5.41, 5.74) is 7.43. The highest BCUT2D eigenvalue weighted by Crippen LogP contribution is 2.18. The molecular formula is C18H14F2N4O. The minimum atomic E-state index is -0.975. The average Bonchev–Trinajstić information content (AvgIpc) is 2.63. The normalized spacial score (nSPS) is 10.5. The number of nitrogens with two attached hydrogens (primary N) is 1. The molecule has 0 aliphatic carbocycles. The highest BCUT2D eigenvalue weighted by molar-refractivity contribution is 5.96. The number of carbonyl (C=O) groups excluding carboxylic acids is 1. The fourth-order valence-corrected chi connectivity index (χ4v) is 2.23. The lowest BCUT2D eigenvalue weighted by Gasteiger charge is -2.08. The Balaban J connectivity index is 1.78. The maximum absolute atomic E-state index is 13.2. The van der Waals surface area contributed by atoms with Gasteiger partial charge in [-0.25, -0.2) is 18.7 Å². The highest BCUT2D eigenvalue weighted by atomic mass is 19.2. The van der Waals surface area contributed by atoms with Gasteiger partial charge >= 0.3 is 0 Å². The van der Waals surface area contributed by atoms with Crippen molar-refractivity contribution in [3.8, 4) is 11.3 Å². The van der Waals surface area contributed by atoms with E-state index < -0.39 is 17.5 Å². The van der Waals surface area contributed by atoms with Gasteiger partial charge in [0.1, 0.15) is 0 Å². The predicted octanol–water partition coefficient (Wildman–Crippen LogP) is 2.93. The zero-order chi connectivity index (χ0) is 17.8. The van der Waals surface area contributed by atoms with Crippen molar-refractivity contribution in [2.75, 3.05) is 5.73 Å². The Kier molecular flexibility index (Phi) is 4.65. The SMILES string of the molecule is Nc1ncc(-c2ccccc2)nc1C(=O)NCc1ccc(F)c(F)c1. The first-order valence-electron chi connectivity index (χ1n) is 7.44. The van der Waals surface area contributed by atoms with Crippen LogP contribution >= 0.6 is 0 Å². The van der Waals surface area contributed by atoms with Crippen LogP contribution in [0.15, 0.2) is 54.7 Å². The number of nitrogens with zero attached hydrogens (tertiary/aromatic N) is 2. The zero-order valence-electron chi connectivity index (χ0n) is 13.0. The van der Waals surface area contributed by atoms with E-state index in [0.29, 0.717) is 11.3 Å². The van der Waals surface area contributed by atoms with Crippen LogP contribution in [0.3, 0.4) is 0 Å². The Morgan fingerprint density at radius 2 is 1.84 bits per heavy atom. The Morgan fingerprint density at radius 3 is 2.56 bits per heavy atom. The molecule has 0 unspecified atom stereocenters. The molecule has 3 rings (SSSR count). The van der Waals surface area contributed by atoms with E-state index in [1.54, 1.807) is 0 Å². The number of aromatic nitrogens is 2. The fraction of sp³-hybridized carbons (Fsp3) is 0.0556. The first-order valence-corrected chi connectivity index (χ1v) is 7.44. The fourth-order valence-electron chi connectivity index (χ4n) is 2.23. The molecule has 7 heteroatoms. The smallest absolute Gasteiger partial charge is 0.274 e.